The first-order chi connectivity index (χ1) is 13.2. The average molecular weight is 399 g/mol. The average Bonchev–Trinajstić information content (AvgIpc) is 3.39. The van der Waals surface area contributed by atoms with Crippen molar-refractivity contribution in [2.75, 3.05) is 11.5 Å². The second-order valence-corrected chi connectivity index (χ2v) is 12.7. The topological polar surface area (TPSA) is 0 Å². The highest BCUT2D eigenvalue weighted by Crippen LogP contribution is 2.53. The monoisotopic (exact) mass is 398 g/mol. The Balaban J connectivity index is 1.23. The van der Waals surface area contributed by atoms with Crippen LogP contribution in [0.25, 0.3) is 0 Å². The summed E-state index contributed by atoms with van der Waals surface area (Å²) in [5, 5.41) is 0. The van der Waals surface area contributed by atoms with E-state index in [4.69, 9.17) is 0 Å². The Morgan fingerprint density at radius 3 is 2.07 bits per heavy atom. The Hall–Kier alpha value is -0.340. The molecule has 1 atom stereocenters. The van der Waals surface area contributed by atoms with Crippen molar-refractivity contribution in [1.82, 2.24) is 0 Å². The lowest BCUT2D eigenvalue weighted by atomic mass is 9.71. The summed E-state index contributed by atoms with van der Waals surface area (Å²) in [7, 11) is 0. The second-order valence-electron chi connectivity index (χ2n) is 9.50. The maximum absolute atomic E-state index is 4.08. The van der Waals surface area contributed by atoms with Crippen molar-refractivity contribution in [3.05, 3.63) is 47.0 Å². The Morgan fingerprint density at radius 1 is 0.963 bits per heavy atom. The van der Waals surface area contributed by atoms with Gasteiger partial charge in [0.05, 0.1) is 4.08 Å². The number of hydrogen-bond donors (Lipinski definition) is 0. The molecule has 0 amide bonds. The van der Waals surface area contributed by atoms with E-state index in [0.29, 0.717) is 4.08 Å². The number of hydrogen-bond acceptors (Lipinski definition) is 2. The summed E-state index contributed by atoms with van der Waals surface area (Å²) < 4.78 is 0.510. The molecule has 1 unspecified atom stereocenters. The fraction of sp³-hybridized carbons (Fsp3) is 0.680. The number of benzene rings is 1. The first-order valence-electron chi connectivity index (χ1n) is 11.2. The van der Waals surface area contributed by atoms with Crippen LogP contribution in [0.3, 0.4) is 0 Å². The van der Waals surface area contributed by atoms with Gasteiger partial charge in [0.25, 0.3) is 0 Å². The highest BCUT2D eigenvalue weighted by molar-refractivity contribution is 8.21. The third-order valence-corrected chi connectivity index (χ3v) is 11.5. The van der Waals surface area contributed by atoms with E-state index in [1.165, 1.54) is 69.3 Å². The molecule has 1 aromatic carbocycles. The van der Waals surface area contributed by atoms with Gasteiger partial charge < -0.3 is 0 Å². The minimum atomic E-state index is 0.510. The van der Waals surface area contributed by atoms with Gasteiger partial charge in [0.1, 0.15) is 0 Å². The molecule has 1 aliphatic heterocycles. The van der Waals surface area contributed by atoms with Gasteiger partial charge in [0.15, 0.2) is 0 Å². The molecule has 146 valence electrons. The summed E-state index contributed by atoms with van der Waals surface area (Å²) >= 11 is 4.46. The minimum absolute atomic E-state index is 0.510. The van der Waals surface area contributed by atoms with E-state index in [9.17, 15) is 0 Å². The Morgan fingerprint density at radius 2 is 1.56 bits per heavy atom. The smallest absolute Gasteiger partial charge is 0.0692 e. The largest absolute Gasteiger partial charge is 0.143 e. The van der Waals surface area contributed by atoms with Crippen molar-refractivity contribution in [2.24, 2.45) is 23.7 Å². The van der Waals surface area contributed by atoms with E-state index in [2.05, 4.69) is 55.2 Å². The predicted molar refractivity (Wildman–Crippen MR) is 122 cm³/mol. The third kappa shape index (κ3) is 3.44. The van der Waals surface area contributed by atoms with E-state index in [-0.39, 0.29) is 0 Å². The van der Waals surface area contributed by atoms with Gasteiger partial charge in [-0.1, -0.05) is 25.1 Å². The van der Waals surface area contributed by atoms with Crippen LogP contribution in [0, 0.1) is 23.7 Å². The van der Waals surface area contributed by atoms with Gasteiger partial charge in [-0.2, -0.15) is 0 Å². The fourth-order valence-corrected chi connectivity index (χ4v) is 9.83. The molecule has 2 fully saturated rings. The van der Waals surface area contributed by atoms with Gasteiger partial charge >= 0.3 is 0 Å². The van der Waals surface area contributed by atoms with Crippen LogP contribution in [0.1, 0.15) is 61.3 Å². The lowest BCUT2D eigenvalue weighted by Gasteiger charge is -2.35. The summed E-state index contributed by atoms with van der Waals surface area (Å²) in [6.07, 6.45) is 14.7. The molecular formula is C25H34S2. The van der Waals surface area contributed by atoms with Crippen molar-refractivity contribution in [3.8, 4) is 0 Å². The Bertz CT molecular complexity index is 670. The Kier molecular flexibility index (Phi) is 5.18. The molecule has 27 heavy (non-hydrogen) atoms. The summed E-state index contributed by atoms with van der Waals surface area (Å²) in [5.74, 6) is 6.28. The maximum atomic E-state index is 4.08. The van der Waals surface area contributed by atoms with Crippen molar-refractivity contribution < 1.29 is 0 Å². The van der Waals surface area contributed by atoms with Crippen LogP contribution in [-0.4, -0.2) is 15.6 Å². The van der Waals surface area contributed by atoms with Gasteiger partial charge in [0, 0.05) is 11.5 Å². The van der Waals surface area contributed by atoms with Gasteiger partial charge in [-0.25, -0.2) is 0 Å². The SMILES string of the molecule is C=CC(CC)C1CCC(C2Cc3cc4c(cc3C2)CC2(C4)SCCS2)CC1. The molecule has 0 radical (unpaired) electrons. The summed E-state index contributed by atoms with van der Waals surface area (Å²) in [6.45, 7) is 6.42. The van der Waals surface area contributed by atoms with Crippen molar-refractivity contribution >= 4 is 23.5 Å². The lowest BCUT2D eigenvalue weighted by molar-refractivity contribution is 0.179. The molecule has 2 heteroatoms. The normalized spacial score (nSPS) is 30.4. The number of fused-ring (bicyclic) bond motifs is 2. The summed E-state index contributed by atoms with van der Waals surface area (Å²) in [5.41, 5.74) is 6.81. The Labute approximate surface area is 174 Å². The first-order valence-corrected chi connectivity index (χ1v) is 13.2. The predicted octanol–water partition coefficient (Wildman–Crippen LogP) is 6.69. The van der Waals surface area contributed by atoms with Crippen LogP contribution in [0.5, 0.6) is 0 Å². The van der Waals surface area contributed by atoms with Gasteiger partial charge in [0.2, 0.25) is 0 Å². The van der Waals surface area contributed by atoms with Crippen LogP contribution < -0.4 is 0 Å². The molecule has 1 heterocycles. The summed E-state index contributed by atoms with van der Waals surface area (Å²) in [6, 6.07) is 5.27. The number of thioether (sulfide) groups is 2. The molecule has 5 rings (SSSR count). The molecule has 0 bridgehead atoms. The second kappa shape index (κ2) is 7.48. The lowest BCUT2D eigenvalue weighted by Crippen LogP contribution is -2.25. The molecule has 0 nitrogen and oxygen atoms in total. The van der Waals surface area contributed by atoms with E-state index in [1.54, 1.807) is 22.3 Å². The van der Waals surface area contributed by atoms with E-state index in [1.807, 2.05) is 0 Å². The molecule has 1 aromatic rings. The molecule has 1 spiro atoms. The zero-order chi connectivity index (χ0) is 18.4. The third-order valence-electron chi connectivity index (χ3n) is 8.08. The molecule has 1 saturated heterocycles. The fourth-order valence-electron chi connectivity index (χ4n) is 6.55. The van der Waals surface area contributed by atoms with Gasteiger partial charge in [-0.15, -0.1) is 30.1 Å². The molecule has 1 saturated carbocycles. The highest BCUT2D eigenvalue weighted by Gasteiger charge is 2.42. The van der Waals surface area contributed by atoms with E-state index >= 15 is 0 Å². The van der Waals surface area contributed by atoms with E-state index in [0.717, 1.165) is 23.7 Å². The molecule has 4 aliphatic rings. The number of allylic oxidation sites excluding steroid dienone is 1. The van der Waals surface area contributed by atoms with Crippen LogP contribution >= 0.6 is 23.5 Å². The first kappa shape index (κ1) is 18.7. The summed E-state index contributed by atoms with van der Waals surface area (Å²) in [4.78, 5) is 0. The molecule has 3 aliphatic carbocycles. The van der Waals surface area contributed by atoms with Crippen LogP contribution in [0.15, 0.2) is 24.8 Å². The van der Waals surface area contributed by atoms with Crippen LogP contribution in [0.4, 0.5) is 0 Å². The molecule has 0 N–H and O–H groups in total. The van der Waals surface area contributed by atoms with Crippen LogP contribution in [0.2, 0.25) is 0 Å². The van der Waals surface area contributed by atoms with Crippen molar-refractivity contribution in [2.45, 2.75) is 68.8 Å². The zero-order valence-corrected chi connectivity index (χ0v) is 18.5. The standard InChI is InChI=1S/C25H34S2/c1-3-17(4-2)18-5-7-19(8-6-18)20-11-21-13-23-15-25(26-9-10-27-25)16-24(23)14-22(21)12-20/h3,13-14,17-20H,1,4-12,15-16H2,2H3. The van der Waals surface area contributed by atoms with E-state index < -0.39 is 0 Å². The van der Waals surface area contributed by atoms with Crippen molar-refractivity contribution in [3.63, 3.8) is 0 Å². The van der Waals surface area contributed by atoms with Gasteiger partial charge in [-0.3, -0.25) is 0 Å². The quantitative estimate of drug-likeness (QED) is 0.518. The maximum Gasteiger partial charge on any atom is 0.0692 e. The van der Waals surface area contributed by atoms with Crippen molar-refractivity contribution in [1.29, 1.82) is 0 Å². The van der Waals surface area contributed by atoms with Crippen LogP contribution in [-0.2, 0) is 25.7 Å². The highest BCUT2D eigenvalue weighted by atomic mass is 32.2. The molecular weight excluding hydrogens is 364 g/mol. The zero-order valence-electron chi connectivity index (χ0n) is 16.8. The van der Waals surface area contributed by atoms with Gasteiger partial charge in [-0.05, 0) is 104 Å². The molecule has 0 aromatic heterocycles. The minimum Gasteiger partial charge on any atom is -0.143 e. The number of rotatable bonds is 4.